The number of nitrogens with one attached hydrogen (secondary N) is 1. The molecule has 1 aliphatic rings. The first kappa shape index (κ1) is 14.1. The van der Waals surface area contributed by atoms with Crippen molar-refractivity contribution in [2.24, 2.45) is 0 Å². The Labute approximate surface area is 120 Å². The average Bonchev–Trinajstić information content (AvgIpc) is 2.49. The van der Waals surface area contributed by atoms with E-state index in [4.69, 9.17) is 0 Å². The quantitative estimate of drug-likeness (QED) is 0.834. The smallest absolute Gasteiger partial charge is 0.161 e. The van der Waals surface area contributed by atoms with Crippen LogP contribution in [-0.4, -0.2) is 11.7 Å². The van der Waals surface area contributed by atoms with Crippen LogP contribution in [0.15, 0.2) is 36.4 Å². The van der Waals surface area contributed by atoms with Gasteiger partial charge in [0.1, 0.15) is 11.9 Å². The summed E-state index contributed by atoms with van der Waals surface area (Å²) in [5.41, 5.74) is 1.66. The number of hydrogen-bond acceptors (Lipinski definition) is 2. The summed E-state index contributed by atoms with van der Waals surface area (Å²) in [5.74, 6) is -3.39. The lowest BCUT2D eigenvalue weighted by molar-refractivity contribution is 0.121. The lowest BCUT2D eigenvalue weighted by atomic mass is 9.88. The second-order valence-electron chi connectivity index (χ2n) is 5.11. The van der Waals surface area contributed by atoms with E-state index in [0.29, 0.717) is 18.7 Å². The van der Waals surface area contributed by atoms with Crippen LogP contribution >= 0.6 is 0 Å². The molecule has 0 saturated carbocycles. The van der Waals surface area contributed by atoms with Crippen molar-refractivity contribution in [1.82, 2.24) is 5.32 Å². The van der Waals surface area contributed by atoms with Gasteiger partial charge in [-0.3, -0.25) is 0 Å². The van der Waals surface area contributed by atoms with E-state index in [1.807, 2.05) is 24.3 Å². The van der Waals surface area contributed by atoms with Gasteiger partial charge >= 0.3 is 0 Å². The molecule has 0 bridgehead atoms. The predicted molar refractivity (Wildman–Crippen MR) is 72.2 cm³/mol. The van der Waals surface area contributed by atoms with Crippen LogP contribution in [0.3, 0.4) is 0 Å². The van der Waals surface area contributed by atoms with Crippen molar-refractivity contribution in [3.05, 3.63) is 70.5 Å². The van der Waals surface area contributed by atoms with Crippen LogP contribution in [0.4, 0.5) is 13.2 Å². The Morgan fingerprint density at radius 3 is 2.57 bits per heavy atom. The number of halogens is 3. The van der Waals surface area contributed by atoms with E-state index in [1.54, 1.807) is 0 Å². The molecule has 0 spiro atoms. The summed E-state index contributed by atoms with van der Waals surface area (Å²) in [6.45, 7) is 0.629. The third kappa shape index (κ3) is 2.54. The molecule has 0 fully saturated rings. The second kappa shape index (κ2) is 5.50. The summed E-state index contributed by atoms with van der Waals surface area (Å²) in [6, 6.07) is 8.13. The predicted octanol–water partition coefficient (Wildman–Crippen LogP) is 3.02. The van der Waals surface area contributed by atoms with E-state index in [-0.39, 0.29) is 5.56 Å². The van der Waals surface area contributed by atoms with Crippen LogP contribution in [0, 0.1) is 17.5 Å². The summed E-state index contributed by atoms with van der Waals surface area (Å²) in [7, 11) is 0. The van der Waals surface area contributed by atoms with Crippen molar-refractivity contribution in [2.75, 3.05) is 6.54 Å². The minimum absolute atomic E-state index is 0.247. The lowest BCUT2D eigenvalue weighted by Crippen LogP contribution is -2.34. The van der Waals surface area contributed by atoms with Crippen LogP contribution in [0.2, 0.25) is 0 Å². The van der Waals surface area contributed by atoms with Gasteiger partial charge in [0, 0.05) is 11.6 Å². The molecular weight excluding hydrogens is 279 g/mol. The van der Waals surface area contributed by atoms with E-state index in [0.717, 1.165) is 17.5 Å². The normalized spacial score (nSPS) is 19.1. The monoisotopic (exact) mass is 293 g/mol. The maximum absolute atomic E-state index is 13.8. The SMILES string of the molecule is OC(c1cc(F)c(F)cc1F)C1NCCc2ccccc21. The first-order chi connectivity index (χ1) is 10.1. The number of fused-ring (bicyclic) bond motifs is 1. The molecule has 2 unspecified atom stereocenters. The zero-order valence-electron chi connectivity index (χ0n) is 11.1. The number of aliphatic hydroxyl groups is 1. The molecule has 1 aliphatic heterocycles. The van der Waals surface area contributed by atoms with Gasteiger partial charge in [-0.25, -0.2) is 13.2 Å². The highest BCUT2D eigenvalue weighted by molar-refractivity contribution is 5.35. The number of rotatable bonds is 2. The maximum Gasteiger partial charge on any atom is 0.161 e. The van der Waals surface area contributed by atoms with Crippen molar-refractivity contribution in [3.8, 4) is 0 Å². The van der Waals surface area contributed by atoms with Crippen molar-refractivity contribution in [1.29, 1.82) is 0 Å². The van der Waals surface area contributed by atoms with Gasteiger partial charge in [0.2, 0.25) is 0 Å². The summed E-state index contributed by atoms with van der Waals surface area (Å²) in [4.78, 5) is 0. The standard InChI is InChI=1S/C16H14F3NO/c17-12-8-14(19)13(18)7-11(12)16(21)15-10-4-2-1-3-9(10)5-6-20-15/h1-4,7-8,15-16,20-21H,5-6H2. The van der Waals surface area contributed by atoms with Crippen LogP contribution < -0.4 is 5.32 Å². The topological polar surface area (TPSA) is 32.3 Å². The molecule has 2 aromatic rings. The van der Waals surface area contributed by atoms with Crippen molar-refractivity contribution in [3.63, 3.8) is 0 Å². The third-order valence-electron chi connectivity index (χ3n) is 3.82. The molecule has 2 atom stereocenters. The van der Waals surface area contributed by atoms with E-state index in [1.165, 1.54) is 0 Å². The van der Waals surface area contributed by atoms with Crippen molar-refractivity contribution < 1.29 is 18.3 Å². The van der Waals surface area contributed by atoms with Crippen LogP contribution in [-0.2, 0) is 6.42 Å². The minimum Gasteiger partial charge on any atom is -0.386 e. The number of hydrogen-bond donors (Lipinski definition) is 2. The van der Waals surface area contributed by atoms with Crippen molar-refractivity contribution >= 4 is 0 Å². The summed E-state index contributed by atoms with van der Waals surface area (Å²) in [5, 5.41) is 13.5. The second-order valence-corrected chi connectivity index (χ2v) is 5.11. The molecule has 0 aromatic heterocycles. The van der Waals surface area contributed by atoms with Gasteiger partial charge in [0.25, 0.3) is 0 Å². The van der Waals surface area contributed by atoms with E-state index < -0.39 is 29.6 Å². The van der Waals surface area contributed by atoms with Gasteiger partial charge in [-0.2, -0.15) is 0 Å². The first-order valence-corrected chi connectivity index (χ1v) is 6.71. The Morgan fingerprint density at radius 1 is 1.05 bits per heavy atom. The van der Waals surface area contributed by atoms with Gasteiger partial charge in [0.15, 0.2) is 11.6 Å². The molecule has 3 rings (SSSR count). The van der Waals surface area contributed by atoms with Gasteiger partial charge in [-0.05, 0) is 30.2 Å². The zero-order valence-corrected chi connectivity index (χ0v) is 11.1. The molecule has 2 N–H and O–H groups in total. The maximum atomic E-state index is 13.8. The van der Waals surface area contributed by atoms with Crippen molar-refractivity contribution in [2.45, 2.75) is 18.6 Å². The molecule has 0 aliphatic carbocycles. The Balaban J connectivity index is 2.00. The van der Waals surface area contributed by atoms with Crippen LogP contribution in [0.5, 0.6) is 0 Å². The fourth-order valence-electron chi connectivity index (χ4n) is 2.76. The molecule has 0 radical (unpaired) electrons. The van der Waals surface area contributed by atoms with E-state index in [9.17, 15) is 18.3 Å². The van der Waals surface area contributed by atoms with Gasteiger partial charge in [0.05, 0.1) is 6.04 Å². The molecule has 1 heterocycles. The lowest BCUT2D eigenvalue weighted by Gasteiger charge is -2.31. The zero-order chi connectivity index (χ0) is 15.0. The molecule has 2 aromatic carbocycles. The summed E-state index contributed by atoms with van der Waals surface area (Å²) >= 11 is 0. The molecule has 110 valence electrons. The van der Waals surface area contributed by atoms with Gasteiger partial charge in [-0.1, -0.05) is 24.3 Å². The molecule has 0 saturated heterocycles. The highest BCUT2D eigenvalue weighted by Crippen LogP contribution is 2.34. The highest BCUT2D eigenvalue weighted by atomic mass is 19.2. The summed E-state index contributed by atoms with van der Waals surface area (Å²) in [6.07, 6.45) is -0.485. The fraction of sp³-hybridized carbons (Fsp3) is 0.250. The third-order valence-corrected chi connectivity index (χ3v) is 3.82. The molecule has 0 amide bonds. The Hall–Kier alpha value is -1.85. The Bertz CT molecular complexity index is 675. The first-order valence-electron chi connectivity index (χ1n) is 6.71. The van der Waals surface area contributed by atoms with Gasteiger partial charge < -0.3 is 10.4 Å². The molecule has 2 nitrogen and oxygen atoms in total. The summed E-state index contributed by atoms with van der Waals surface area (Å²) < 4.78 is 40.1. The molecule has 21 heavy (non-hydrogen) atoms. The minimum atomic E-state index is -1.29. The Morgan fingerprint density at radius 2 is 1.76 bits per heavy atom. The van der Waals surface area contributed by atoms with Crippen LogP contribution in [0.25, 0.3) is 0 Å². The average molecular weight is 293 g/mol. The fourth-order valence-corrected chi connectivity index (χ4v) is 2.76. The van der Waals surface area contributed by atoms with E-state index in [2.05, 4.69) is 5.32 Å². The Kier molecular flexibility index (Phi) is 3.69. The largest absolute Gasteiger partial charge is 0.386 e. The molecular formula is C16H14F3NO. The number of aliphatic hydroxyl groups excluding tert-OH is 1. The molecule has 5 heteroatoms. The highest BCUT2D eigenvalue weighted by Gasteiger charge is 2.29. The van der Waals surface area contributed by atoms with Gasteiger partial charge in [-0.15, -0.1) is 0 Å². The number of benzene rings is 2. The van der Waals surface area contributed by atoms with E-state index >= 15 is 0 Å². The van der Waals surface area contributed by atoms with Crippen LogP contribution in [0.1, 0.15) is 28.8 Å².